The van der Waals surface area contributed by atoms with Crippen LogP contribution in [0.3, 0.4) is 0 Å². The third kappa shape index (κ3) is 7.74. The van der Waals surface area contributed by atoms with Crippen molar-refractivity contribution >= 4 is 22.4 Å². The van der Waals surface area contributed by atoms with Gasteiger partial charge in [0.15, 0.2) is 22.4 Å². The molecule has 5 heteroatoms. The molecule has 0 aliphatic heterocycles. The first-order valence-electron chi connectivity index (χ1n) is 17.8. The smallest absolute Gasteiger partial charge is 0.192 e. The molecule has 0 aromatic carbocycles. The second-order valence-electron chi connectivity index (χ2n) is 18.3. The van der Waals surface area contributed by atoms with Gasteiger partial charge < -0.3 is 8.85 Å². The van der Waals surface area contributed by atoms with Crippen LogP contribution in [0.1, 0.15) is 113 Å². The first-order chi connectivity index (χ1) is 20.2. The molecule has 44 heavy (non-hydrogen) atoms. The fourth-order valence-electron chi connectivity index (χ4n) is 7.79. The van der Waals surface area contributed by atoms with Gasteiger partial charge in [-0.3, -0.25) is 4.79 Å². The molecular weight excluding hydrogens is 573 g/mol. The lowest BCUT2D eigenvalue weighted by molar-refractivity contribution is -0.115. The summed E-state index contributed by atoms with van der Waals surface area (Å²) < 4.78 is 14.1. The number of carbonyl (C=O) groups is 1. The van der Waals surface area contributed by atoms with Crippen LogP contribution >= 0.6 is 0 Å². The van der Waals surface area contributed by atoms with E-state index in [0.29, 0.717) is 34.9 Å². The molecule has 0 bridgehead atoms. The zero-order valence-electron chi connectivity index (χ0n) is 30.6. The third-order valence-corrected chi connectivity index (χ3v) is 22.0. The number of allylic oxidation sites excluding steroid dienone is 5. The number of carbonyl (C=O) groups excluding carboxylic acids is 1. The maximum Gasteiger partial charge on any atom is 0.192 e. The van der Waals surface area contributed by atoms with Crippen LogP contribution in [-0.4, -0.2) is 34.6 Å². The molecule has 4 aliphatic rings. The first-order valence-corrected chi connectivity index (χ1v) is 23.6. The van der Waals surface area contributed by atoms with Gasteiger partial charge in [0.2, 0.25) is 0 Å². The predicted molar refractivity (Wildman–Crippen MR) is 193 cm³/mol. The van der Waals surface area contributed by atoms with Crippen LogP contribution in [0.4, 0.5) is 0 Å². The molecule has 0 aromatic heterocycles. The van der Waals surface area contributed by atoms with E-state index in [4.69, 9.17) is 8.85 Å². The summed E-state index contributed by atoms with van der Waals surface area (Å²) in [5, 5.41) is 0.321. The predicted octanol–water partition coefficient (Wildman–Crippen LogP) is 11.4. The van der Waals surface area contributed by atoms with Gasteiger partial charge in [-0.1, -0.05) is 85.8 Å². The van der Waals surface area contributed by atoms with Crippen molar-refractivity contribution in [3.05, 3.63) is 47.6 Å². The molecule has 0 N–H and O–H groups in total. The lowest BCUT2D eigenvalue weighted by atomic mass is 9.61. The van der Waals surface area contributed by atoms with Gasteiger partial charge in [0, 0.05) is 12.3 Å². The molecule has 248 valence electrons. The molecule has 0 unspecified atom stereocenters. The van der Waals surface area contributed by atoms with Crippen molar-refractivity contribution in [2.75, 3.05) is 0 Å². The highest BCUT2D eigenvalue weighted by molar-refractivity contribution is 6.74. The fourth-order valence-corrected chi connectivity index (χ4v) is 10.5. The quantitative estimate of drug-likeness (QED) is 0.186. The van der Waals surface area contributed by atoms with Gasteiger partial charge in [0.25, 0.3) is 0 Å². The molecule has 4 fully saturated rings. The number of hydrogen-bond donors (Lipinski definition) is 0. The van der Waals surface area contributed by atoms with Gasteiger partial charge in [-0.15, -0.1) is 0 Å². The molecule has 4 aliphatic carbocycles. The summed E-state index contributed by atoms with van der Waals surface area (Å²) >= 11 is 0. The van der Waals surface area contributed by atoms with Crippen molar-refractivity contribution in [3.8, 4) is 0 Å². The number of fused-ring (bicyclic) bond motifs is 1. The Hall–Kier alpha value is -1.02. The van der Waals surface area contributed by atoms with Crippen LogP contribution in [-0.2, 0) is 13.6 Å². The van der Waals surface area contributed by atoms with E-state index in [9.17, 15) is 4.79 Å². The minimum atomic E-state index is -1.98. The van der Waals surface area contributed by atoms with Gasteiger partial charge in [-0.25, -0.2) is 0 Å². The summed E-state index contributed by atoms with van der Waals surface area (Å²) in [6.45, 7) is 33.0. The van der Waals surface area contributed by atoms with Crippen LogP contribution in [0.5, 0.6) is 0 Å². The van der Waals surface area contributed by atoms with E-state index in [1.54, 1.807) is 5.57 Å². The minimum Gasteiger partial charge on any atom is -0.413 e. The lowest BCUT2D eigenvalue weighted by Gasteiger charge is -2.45. The number of rotatable bonds is 9. The lowest BCUT2D eigenvalue weighted by Crippen LogP contribution is -2.49. The van der Waals surface area contributed by atoms with E-state index in [1.807, 2.05) is 6.08 Å². The SMILES string of the molecule is C=C1/C(=C/C=C2\CCC[C@@]3(C)[C@@H]2CC[C@@H]3[C@H](C)/C=C/C(=O)C2CC2)C[C@@H](O[Si](C)(C)C(C)(C)C)C[C@@H]1O[Si](C)(C)C(C)(C)C. The fraction of sp³-hybridized carbons (Fsp3) is 0.769. The van der Waals surface area contributed by atoms with Gasteiger partial charge in [-0.2, -0.15) is 0 Å². The zero-order chi connectivity index (χ0) is 32.9. The molecule has 3 nitrogen and oxygen atoms in total. The van der Waals surface area contributed by atoms with Gasteiger partial charge in [-0.05, 0) is 128 Å². The Kier molecular flexibility index (Phi) is 10.5. The Morgan fingerprint density at radius 2 is 1.57 bits per heavy atom. The van der Waals surface area contributed by atoms with Crippen molar-refractivity contribution in [1.82, 2.24) is 0 Å². The summed E-state index contributed by atoms with van der Waals surface area (Å²) in [5.41, 5.74) is 4.43. The summed E-state index contributed by atoms with van der Waals surface area (Å²) in [5.74, 6) is 2.39. The molecule has 0 amide bonds. The van der Waals surface area contributed by atoms with Gasteiger partial charge >= 0.3 is 0 Å². The molecule has 0 heterocycles. The summed E-state index contributed by atoms with van der Waals surface area (Å²) in [4.78, 5) is 12.4. The highest BCUT2D eigenvalue weighted by atomic mass is 28.4. The van der Waals surface area contributed by atoms with Crippen molar-refractivity contribution in [1.29, 1.82) is 0 Å². The van der Waals surface area contributed by atoms with E-state index in [-0.39, 0.29) is 22.3 Å². The van der Waals surface area contributed by atoms with Crippen LogP contribution in [0.15, 0.2) is 47.6 Å². The molecule has 4 saturated carbocycles. The van der Waals surface area contributed by atoms with Crippen molar-refractivity contribution in [2.45, 2.75) is 162 Å². The second kappa shape index (κ2) is 12.9. The average molecular weight is 639 g/mol. The Labute approximate surface area is 273 Å². The topological polar surface area (TPSA) is 35.5 Å². The molecular formula is C39H66O3Si2. The largest absolute Gasteiger partial charge is 0.413 e. The monoisotopic (exact) mass is 638 g/mol. The summed E-state index contributed by atoms with van der Waals surface area (Å²) in [6, 6.07) is 0. The van der Waals surface area contributed by atoms with Crippen LogP contribution in [0.2, 0.25) is 36.3 Å². The average Bonchev–Trinajstić information content (AvgIpc) is 3.68. The molecule has 0 saturated heterocycles. The van der Waals surface area contributed by atoms with Crippen molar-refractivity contribution < 1.29 is 13.6 Å². The number of hydrogen-bond acceptors (Lipinski definition) is 3. The normalized spacial score (nSPS) is 33.3. The van der Waals surface area contributed by atoms with E-state index >= 15 is 0 Å². The molecule has 0 radical (unpaired) electrons. The summed E-state index contributed by atoms with van der Waals surface area (Å²) in [6.07, 6.45) is 19.5. The molecule has 6 atom stereocenters. The number of ketones is 1. The highest BCUT2D eigenvalue weighted by Crippen LogP contribution is 2.59. The Morgan fingerprint density at radius 1 is 0.955 bits per heavy atom. The van der Waals surface area contributed by atoms with E-state index in [2.05, 4.69) is 106 Å². The van der Waals surface area contributed by atoms with E-state index in [1.165, 1.54) is 43.3 Å². The second-order valence-corrected chi connectivity index (χ2v) is 27.8. The molecule has 4 rings (SSSR count). The van der Waals surface area contributed by atoms with E-state index < -0.39 is 16.6 Å². The maximum atomic E-state index is 12.4. The maximum absolute atomic E-state index is 12.4. The van der Waals surface area contributed by atoms with Crippen molar-refractivity contribution in [3.63, 3.8) is 0 Å². The summed E-state index contributed by atoms with van der Waals surface area (Å²) in [7, 11) is -3.91. The van der Waals surface area contributed by atoms with Crippen molar-refractivity contribution in [2.24, 2.45) is 29.1 Å². The van der Waals surface area contributed by atoms with Gasteiger partial charge in [0.1, 0.15) is 0 Å². The van der Waals surface area contributed by atoms with Crippen LogP contribution < -0.4 is 0 Å². The van der Waals surface area contributed by atoms with Crippen LogP contribution in [0, 0.1) is 29.1 Å². The Bertz CT molecular complexity index is 1170. The first kappa shape index (κ1) is 35.8. The zero-order valence-corrected chi connectivity index (χ0v) is 32.6. The highest BCUT2D eigenvalue weighted by Gasteiger charge is 2.50. The minimum absolute atomic E-state index is 0.0162. The Balaban J connectivity index is 1.58. The molecule has 0 aromatic rings. The molecule has 0 spiro atoms. The Morgan fingerprint density at radius 3 is 2.16 bits per heavy atom. The van der Waals surface area contributed by atoms with Crippen LogP contribution in [0.25, 0.3) is 0 Å². The standard InChI is InChI=1S/C39H66O3Si2/c1-27(16-23-35(40)30-18-19-30)33-21-22-34-29(15-14-24-39(33,34)9)17-20-31-25-32(41-43(10,11)37(3,4)5)26-36(28(31)2)42-44(12,13)38(6,7)8/h16-17,20,23,27,30,32-34,36H,2,14-15,18-19,21-22,24-26H2,1,3-13H3/b23-16+,29-17+,31-20+/t27-,32-,33-,34-,36+,39-/m1/s1. The van der Waals surface area contributed by atoms with E-state index in [0.717, 1.165) is 25.7 Å². The third-order valence-electron chi connectivity index (χ3n) is 13.0. The van der Waals surface area contributed by atoms with Gasteiger partial charge in [0.05, 0.1) is 12.2 Å².